The Hall–Kier alpha value is -0.0800. The molecule has 108 valence electrons. The lowest BCUT2D eigenvalue weighted by Crippen LogP contribution is -2.46. The lowest BCUT2D eigenvalue weighted by atomic mass is 9.75. The molecule has 0 radical (unpaired) electrons. The molecule has 1 fully saturated rings. The topological polar surface area (TPSA) is 21.3 Å². The van der Waals surface area contributed by atoms with Crippen LogP contribution in [-0.4, -0.2) is 25.3 Å². The van der Waals surface area contributed by atoms with Gasteiger partial charge in [0.05, 0.1) is 0 Å². The summed E-state index contributed by atoms with van der Waals surface area (Å²) in [4.78, 5) is 0. The summed E-state index contributed by atoms with van der Waals surface area (Å²) in [6.07, 6.45) is 6.54. The minimum atomic E-state index is 0.226. The van der Waals surface area contributed by atoms with Crippen molar-refractivity contribution in [3.8, 4) is 0 Å². The average Bonchev–Trinajstić information content (AvgIpc) is 2.27. The zero-order valence-corrected chi connectivity index (χ0v) is 13.1. The third kappa shape index (κ3) is 6.19. The molecule has 0 saturated carbocycles. The van der Waals surface area contributed by atoms with Crippen LogP contribution >= 0.6 is 0 Å². The van der Waals surface area contributed by atoms with E-state index >= 15 is 0 Å². The van der Waals surface area contributed by atoms with Gasteiger partial charge in [0.1, 0.15) is 0 Å². The fourth-order valence-electron chi connectivity index (χ4n) is 2.66. The van der Waals surface area contributed by atoms with E-state index in [1.54, 1.807) is 0 Å². The van der Waals surface area contributed by atoms with Crippen LogP contribution in [0.15, 0.2) is 0 Å². The maximum atomic E-state index is 5.56. The summed E-state index contributed by atoms with van der Waals surface area (Å²) in [6.45, 7) is 14.5. The Kier molecular flexibility index (Phi) is 6.13. The second-order valence-electron chi connectivity index (χ2n) is 7.50. The van der Waals surface area contributed by atoms with E-state index in [4.69, 9.17) is 4.74 Å². The highest BCUT2D eigenvalue weighted by Crippen LogP contribution is 2.36. The molecule has 2 nitrogen and oxygen atoms in total. The molecule has 1 saturated heterocycles. The molecule has 0 atom stereocenters. The van der Waals surface area contributed by atoms with E-state index in [1.165, 1.54) is 32.1 Å². The third-order valence-electron chi connectivity index (χ3n) is 4.04. The van der Waals surface area contributed by atoms with Crippen molar-refractivity contribution < 1.29 is 4.74 Å². The molecule has 1 aliphatic rings. The van der Waals surface area contributed by atoms with E-state index in [2.05, 4.69) is 39.9 Å². The van der Waals surface area contributed by atoms with Crippen LogP contribution in [0, 0.1) is 11.3 Å². The zero-order chi connectivity index (χ0) is 13.6. The molecule has 0 amide bonds. The molecular formula is C16H33NO. The van der Waals surface area contributed by atoms with E-state index < -0.39 is 0 Å². The molecular weight excluding hydrogens is 222 g/mol. The predicted molar refractivity (Wildman–Crippen MR) is 78.9 cm³/mol. The molecule has 1 aliphatic heterocycles. The van der Waals surface area contributed by atoms with Crippen LogP contribution in [-0.2, 0) is 4.74 Å². The molecule has 0 aliphatic carbocycles. The average molecular weight is 255 g/mol. The number of hydrogen-bond acceptors (Lipinski definition) is 2. The normalized spacial score (nSPS) is 20.3. The van der Waals surface area contributed by atoms with E-state index in [1.807, 2.05) is 0 Å². The first-order valence-corrected chi connectivity index (χ1v) is 7.66. The lowest BCUT2D eigenvalue weighted by Gasteiger charge is -2.40. The molecule has 1 N–H and O–H groups in total. The first-order chi connectivity index (χ1) is 8.33. The van der Waals surface area contributed by atoms with Crippen molar-refractivity contribution in [2.75, 3.05) is 19.8 Å². The van der Waals surface area contributed by atoms with Crippen LogP contribution in [0.4, 0.5) is 0 Å². The van der Waals surface area contributed by atoms with Crippen molar-refractivity contribution in [1.82, 2.24) is 5.32 Å². The van der Waals surface area contributed by atoms with Gasteiger partial charge in [0.25, 0.3) is 0 Å². The molecule has 2 heteroatoms. The molecule has 0 aromatic rings. The van der Waals surface area contributed by atoms with E-state index in [0.29, 0.717) is 5.41 Å². The summed E-state index contributed by atoms with van der Waals surface area (Å²) in [5, 5.41) is 3.71. The Labute approximate surface area is 114 Å². The predicted octanol–water partition coefficient (Wildman–Crippen LogP) is 4.00. The number of nitrogens with one attached hydrogen (secondary N) is 1. The first kappa shape index (κ1) is 16.0. The second kappa shape index (κ2) is 6.91. The minimum Gasteiger partial charge on any atom is -0.381 e. The molecule has 0 bridgehead atoms. The summed E-state index contributed by atoms with van der Waals surface area (Å²) in [7, 11) is 0. The third-order valence-corrected chi connectivity index (χ3v) is 4.04. The Morgan fingerprint density at radius 3 is 2.28 bits per heavy atom. The van der Waals surface area contributed by atoms with E-state index in [0.717, 1.165) is 25.7 Å². The highest BCUT2D eigenvalue weighted by atomic mass is 16.5. The van der Waals surface area contributed by atoms with Gasteiger partial charge in [-0.3, -0.25) is 0 Å². The van der Waals surface area contributed by atoms with Crippen molar-refractivity contribution in [2.24, 2.45) is 11.3 Å². The highest BCUT2D eigenvalue weighted by Gasteiger charge is 2.32. The van der Waals surface area contributed by atoms with Gasteiger partial charge in [-0.1, -0.05) is 26.7 Å². The second-order valence-corrected chi connectivity index (χ2v) is 7.50. The summed E-state index contributed by atoms with van der Waals surface area (Å²) in [5.74, 6) is 0.831. The monoisotopic (exact) mass is 255 g/mol. The molecule has 0 aromatic heterocycles. The van der Waals surface area contributed by atoms with Gasteiger partial charge in [0, 0.05) is 25.3 Å². The lowest BCUT2D eigenvalue weighted by molar-refractivity contribution is 0.00601. The van der Waals surface area contributed by atoms with Crippen molar-refractivity contribution >= 4 is 0 Å². The fourth-order valence-corrected chi connectivity index (χ4v) is 2.66. The summed E-state index contributed by atoms with van der Waals surface area (Å²) in [5.41, 5.74) is 0.712. The standard InChI is InChI=1S/C16H33NO/c1-14(2)7-6-8-16(9-11-18-12-10-16)13-17-15(3,4)5/h14,17H,6-13H2,1-5H3. The molecule has 0 spiro atoms. The summed E-state index contributed by atoms with van der Waals surface area (Å²) in [6, 6.07) is 0. The fraction of sp³-hybridized carbons (Fsp3) is 1.00. The van der Waals surface area contributed by atoms with Crippen molar-refractivity contribution in [3.63, 3.8) is 0 Å². The van der Waals surface area contributed by atoms with Crippen LogP contribution in [0.5, 0.6) is 0 Å². The number of hydrogen-bond donors (Lipinski definition) is 1. The van der Waals surface area contributed by atoms with Crippen LogP contribution in [0.2, 0.25) is 0 Å². The smallest absolute Gasteiger partial charge is 0.0471 e. The summed E-state index contributed by atoms with van der Waals surface area (Å²) < 4.78 is 5.56. The van der Waals surface area contributed by atoms with Crippen molar-refractivity contribution in [2.45, 2.75) is 72.3 Å². The molecule has 18 heavy (non-hydrogen) atoms. The van der Waals surface area contributed by atoms with Gasteiger partial charge in [-0.15, -0.1) is 0 Å². The van der Waals surface area contributed by atoms with Gasteiger partial charge in [-0.05, 0) is 51.4 Å². The van der Waals surface area contributed by atoms with E-state index in [9.17, 15) is 0 Å². The van der Waals surface area contributed by atoms with Gasteiger partial charge in [-0.25, -0.2) is 0 Å². The quantitative estimate of drug-likeness (QED) is 0.774. The highest BCUT2D eigenvalue weighted by molar-refractivity contribution is 4.86. The van der Waals surface area contributed by atoms with Crippen LogP contribution in [0.3, 0.4) is 0 Å². The number of ether oxygens (including phenoxy) is 1. The van der Waals surface area contributed by atoms with Crippen LogP contribution < -0.4 is 5.32 Å². The van der Waals surface area contributed by atoms with Gasteiger partial charge < -0.3 is 10.1 Å². The van der Waals surface area contributed by atoms with Gasteiger partial charge in [0.15, 0.2) is 0 Å². The molecule has 1 heterocycles. The molecule has 1 rings (SSSR count). The Bertz CT molecular complexity index is 224. The Balaban J connectivity index is 2.46. The maximum Gasteiger partial charge on any atom is 0.0471 e. The minimum absolute atomic E-state index is 0.226. The Morgan fingerprint density at radius 1 is 1.17 bits per heavy atom. The first-order valence-electron chi connectivity index (χ1n) is 7.66. The van der Waals surface area contributed by atoms with E-state index in [-0.39, 0.29) is 5.54 Å². The molecule has 0 aromatic carbocycles. The maximum absolute atomic E-state index is 5.56. The SMILES string of the molecule is CC(C)CCCC1(CNC(C)(C)C)CCOCC1. The van der Waals surface area contributed by atoms with Gasteiger partial charge >= 0.3 is 0 Å². The Morgan fingerprint density at radius 2 is 1.78 bits per heavy atom. The number of rotatable bonds is 6. The van der Waals surface area contributed by atoms with Crippen LogP contribution in [0.25, 0.3) is 0 Å². The van der Waals surface area contributed by atoms with Gasteiger partial charge in [0.2, 0.25) is 0 Å². The van der Waals surface area contributed by atoms with Crippen molar-refractivity contribution in [3.05, 3.63) is 0 Å². The largest absolute Gasteiger partial charge is 0.381 e. The summed E-state index contributed by atoms with van der Waals surface area (Å²) >= 11 is 0. The van der Waals surface area contributed by atoms with Crippen LogP contribution in [0.1, 0.15) is 66.7 Å². The van der Waals surface area contributed by atoms with Crippen molar-refractivity contribution in [1.29, 1.82) is 0 Å². The zero-order valence-electron chi connectivity index (χ0n) is 13.1. The molecule has 0 unspecified atom stereocenters. The van der Waals surface area contributed by atoms with Gasteiger partial charge in [-0.2, -0.15) is 0 Å².